The first kappa shape index (κ1) is 25.8. The zero-order valence-corrected chi connectivity index (χ0v) is 22.0. The number of halogens is 1. The molecule has 1 aliphatic rings. The molecule has 0 spiro atoms. The Morgan fingerprint density at radius 3 is 2.71 bits per heavy atom. The Balaban J connectivity index is 1.42. The molecule has 0 saturated carbocycles. The number of aromatic nitrogens is 5. The maximum absolute atomic E-state index is 14.9. The molecule has 1 aromatic carbocycles. The fourth-order valence-corrected chi connectivity index (χ4v) is 4.77. The van der Waals surface area contributed by atoms with Crippen molar-refractivity contribution in [1.29, 1.82) is 0 Å². The SMILES string of the molecule is COCC(C(=O)Nc1cccc2c(-c3nc(Nc4cn(C)nc4C)ncc3F)c[nH]c12)N1CCN(C)CC1. The van der Waals surface area contributed by atoms with Gasteiger partial charge < -0.3 is 25.3 Å². The summed E-state index contributed by atoms with van der Waals surface area (Å²) in [7, 11) is 5.50. The van der Waals surface area contributed by atoms with E-state index in [0.29, 0.717) is 23.4 Å². The topological polar surface area (TPSA) is 116 Å². The Morgan fingerprint density at radius 2 is 2.00 bits per heavy atom. The molecule has 38 heavy (non-hydrogen) atoms. The van der Waals surface area contributed by atoms with Gasteiger partial charge >= 0.3 is 0 Å². The average molecular weight is 522 g/mol. The van der Waals surface area contributed by atoms with Gasteiger partial charge in [-0.15, -0.1) is 0 Å². The quantitative estimate of drug-likeness (QED) is 0.324. The third kappa shape index (κ3) is 5.23. The van der Waals surface area contributed by atoms with Crippen molar-refractivity contribution in [1.82, 2.24) is 34.5 Å². The summed E-state index contributed by atoms with van der Waals surface area (Å²) >= 11 is 0. The van der Waals surface area contributed by atoms with Crippen LogP contribution >= 0.6 is 0 Å². The Morgan fingerprint density at radius 1 is 1.21 bits per heavy atom. The lowest BCUT2D eigenvalue weighted by Gasteiger charge is -2.36. The molecule has 1 unspecified atom stereocenters. The van der Waals surface area contributed by atoms with Crippen LogP contribution in [0, 0.1) is 12.7 Å². The van der Waals surface area contributed by atoms with E-state index in [9.17, 15) is 9.18 Å². The number of nitrogens with one attached hydrogen (secondary N) is 3. The molecule has 1 atom stereocenters. The lowest BCUT2D eigenvalue weighted by molar-refractivity contribution is -0.124. The van der Waals surface area contributed by atoms with Gasteiger partial charge in [0.05, 0.1) is 35.4 Å². The van der Waals surface area contributed by atoms with Crippen LogP contribution in [0.25, 0.3) is 22.2 Å². The second-order valence-corrected chi connectivity index (χ2v) is 9.55. The lowest BCUT2D eigenvalue weighted by Crippen LogP contribution is -2.54. The zero-order chi connectivity index (χ0) is 26.8. The molecule has 11 nitrogen and oxygen atoms in total. The van der Waals surface area contributed by atoms with E-state index in [0.717, 1.165) is 49.1 Å². The molecule has 3 aromatic heterocycles. The lowest BCUT2D eigenvalue weighted by atomic mass is 10.1. The summed E-state index contributed by atoms with van der Waals surface area (Å²) in [6, 6.07) is 5.10. The van der Waals surface area contributed by atoms with Crippen molar-refractivity contribution in [3.8, 4) is 11.3 Å². The van der Waals surface area contributed by atoms with Crippen LogP contribution in [0.3, 0.4) is 0 Å². The monoisotopic (exact) mass is 521 g/mol. The highest BCUT2D eigenvalue weighted by Gasteiger charge is 2.29. The van der Waals surface area contributed by atoms with E-state index in [4.69, 9.17) is 4.74 Å². The average Bonchev–Trinajstić information content (AvgIpc) is 3.47. The van der Waals surface area contributed by atoms with Crippen molar-refractivity contribution < 1.29 is 13.9 Å². The molecule has 1 aliphatic heterocycles. The Bertz CT molecular complexity index is 1440. The van der Waals surface area contributed by atoms with Crippen molar-refractivity contribution in [3.05, 3.63) is 48.3 Å². The van der Waals surface area contributed by atoms with Gasteiger partial charge in [0.15, 0.2) is 5.82 Å². The number of hydrogen-bond donors (Lipinski definition) is 3. The number of ether oxygens (including phenoxy) is 1. The fraction of sp³-hybridized carbons (Fsp3) is 0.385. The Kier molecular flexibility index (Phi) is 7.36. The molecule has 4 heterocycles. The molecule has 5 rings (SSSR count). The summed E-state index contributed by atoms with van der Waals surface area (Å²) in [5, 5.41) is 11.2. The third-order valence-corrected chi connectivity index (χ3v) is 6.84. The number of benzene rings is 1. The van der Waals surface area contributed by atoms with E-state index >= 15 is 0 Å². The number of nitrogens with zero attached hydrogens (tertiary/aromatic N) is 6. The van der Waals surface area contributed by atoms with Gasteiger partial charge in [-0.3, -0.25) is 14.4 Å². The predicted molar refractivity (Wildman–Crippen MR) is 144 cm³/mol. The normalized spacial score (nSPS) is 15.6. The van der Waals surface area contributed by atoms with Crippen LogP contribution in [-0.2, 0) is 16.6 Å². The van der Waals surface area contributed by atoms with Crippen LogP contribution in [0.1, 0.15) is 5.69 Å². The molecule has 0 aliphatic carbocycles. The molecule has 4 aromatic rings. The zero-order valence-electron chi connectivity index (χ0n) is 22.0. The number of anilines is 3. The minimum atomic E-state index is -0.552. The second kappa shape index (κ2) is 10.9. The molecule has 0 radical (unpaired) electrons. The summed E-state index contributed by atoms with van der Waals surface area (Å²) in [5.41, 5.74) is 3.51. The highest BCUT2D eigenvalue weighted by atomic mass is 19.1. The van der Waals surface area contributed by atoms with Gasteiger partial charge in [0, 0.05) is 63.7 Å². The minimum absolute atomic E-state index is 0.147. The molecule has 1 saturated heterocycles. The third-order valence-electron chi connectivity index (χ3n) is 6.84. The van der Waals surface area contributed by atoms with E-state index in [-0.39, 0.29) is 17.5 Å². The summed E-state index contributed by atoms with van der Waals surface area (Å²) in [5.74, 6) is -0.443. The van der Waals surface area contributed by atoms with Gasteiger partial charge in [-0.1, -0.05) is 12.1 Å². The van der Waals surface area contributed by atoms with Crippen LogP contribution in [0.2, 0.25) is 0 Å². The molecular weight excluding hydrogens is 489 g/mol. The number of para-hydroxylation sites is 1. The number of carbonyl (C=O) groups is 1. The number of likely N-dealkylation sites (N-methyl/N-ethyl adjacent to an activating group) is 1. The predicted octanol–water partition coefficient (Wildman–Crippen LogP) is 2.75. The van der Waals surface area contributed by atoms with E-state index in [2.05, 4.69) is 47.5 Å². The number of rotatable bonds is 8. The summed E-state index contributed by atoms with van der Waals surface area (Å²) < 4.78 is 22.0. The van der Waals surface area contributed by atoms with Crippen LogP contribution in [0.5, 0.6) is 0 Å². The second-order valence-electron chi connectivity index (χ2n) is 9.55. The van der Waals surface area contributed by atoms with Gasteiger partial charge in [-0.25, -0.2) is 14.4 Å². The highest BCUT2D eigenvalue weighted by Crippen LogP contribution is 2.33. The van der Waals surface area contributed by atoms with Crippen molar-refractivity contribution in [2.75, 3.05) is 57.6 Å². The Hall–Kier alpha value is -3.87. The Labute approximate surface area is 220 Å². The van der Waals surface area contributed by atoms with Gasteiger partial charge in [0.1, 0.15) is 11.7 Å². The molecule has 1 fully saturated rings. The molecular formula is C26H32FN9O2. The van der Waals surface area contributed by atoms with Gasteiger partial charge in [0.2, 0.25) is 11.9 Å². The molecule has 12 heteroatoms. The van der Waals surface area contributed by atoms with E-state index in [1.54, 1.807) is 24.2 Å². The number of piperazine rings is 1. The van der Waals surface area contributed by atoms with Crippen LogP contribution in [0.15, 0.2) is 36.8 Å². The summed E-state index contributed by atoms with van der Waals surface area (Å²) in [6.07, 6.45) is 4.64. The maximum Gasteiger partial charge on any atom is 0.244 e. The smallest absolute Gasteiger partial charge is 0.244 e. The number of methoxy groups -OCH3 is 1. The first-order chi connectivity index (χ1) is 18.3. The maximum atomic E-state index is 14.9. The van der Waals surface area contributed by atoms with Crippen LogP contribution < -0.4 is 10.6 Å². The number of amides is 1. The summed E-state index contributed by atoms with van der Waals surface area (Å²) in [4.78, 5) is 29.5. The van der Waals surface area contributed by atoms with Crippen molar-refractivity contribution in [2.24, 2.45) is 7.05 Å². The highest BCUT2D eigenvalue weighted by molar-refractivity contribution is 6.06. The molecule has 1 amide bonds. The number of fused-ring (bicyclic) bond motifs is 1. The number of aryl methyl sites for hydroxylation is 2. The first-order valence-corrected chi connectivity index (χ1v) is 12.5. The number of aromatic amines is 1. The largest absolute Gasteiger partial charge is 0.383 e. The van der Waals surface area contributed by atoms with Crippen LogP contribution in [0.4, 0.5) is 21.7 Å². The minimum Gasteiger partial charge on any atom is -0.383 e. The molecule has 200 valence electrons. The molecule has 3 N–H and O–H groups in total. The summed E-state index contributed by atoms with van der Waals surface area (Å²) in [6.45, 7) is 5.52. The number of hydrogen-bond acceptors (Lipinski definition) is 8. The van der Waals surface area contributed by atoms with Crippen molar-refractivity contribution >= 4 is 34.1 Å². The van der Waals surface area contributed by atoms with E-state index in [1.807, 2.05) is 32.2 Å². The van der Waals surface area contributed by atoms with Gasteiger partial charge in [0.25, 0.3) is 0 Å². The van der Waals surface area contributed by atoms with E-state index < -0.39 is 11.9 Å². The fourth-order valence-electron chi connectivity index (χ4n) is 4.77. The number of H-pyrrole nitrogens is 1. The van der Waals surface area contributed by atoms with Gasteiger partial charge in [-0.05, 0) is 20.0 Å². The standard InChI is InChI=1S/C26H32FN9O2/c1-16-21(14-35(3)33-16)31-26-29-13-19(27)23(32-26)18-12-28-24-17(18)6-5-7-20(24)30-25(37)22(15-38-4)36-10-8-34(2)9-11-36/h5-7,12-14,22,28H,8-11,15H2,1-4H3,(H,30,37)(H,29,31,32). The van der Waals surface area contributed by atoms with Crippen LogP contribution in [-0.4, -0.2) is 93.4 Å². The van der Waals surface area contributed by atoms with Gasteiger partial charge in [-0.2, -0.15) is 5.10 Å². The van der Waals surface area contributed by atoms with Crippen molar-refractivity contribution in [2.45, 2.75) is 13.0 Å². The van der Waals surface area contributed by atoms with E-state index in [1.165, 1.54) is 0 Å². The number of carbonyl (C=O) groups excluding carboxylic acids is 1. The first-order valence-electron chi connectivity index (χ1n) is 12.5. The molecule has 0 bridgehead atoms. The van der Waals surface area contributed by atoms with Crippen molar-refractivity contribution in [3.63, 3.8) is 0 Å².